The molecular formula is C16H20Cl2N4. The van der Waals surface area contributed by atoms with Crippen molar-refractivity contribution >= 4 is 40.5 Å². The smallest absolute Gasteiger partial charge is 0.136 e. The van der Waals surface area contributed by atoms with E-state index in [0.717, 1.165) is 24.5 Å². The maximum absolute atomic E-state index is 6.01. The van der Waals surface area contributed by atoms with Crippen LogP contribution in [0.25, 0.3) is 0 Å². The van der Waals surface area contributed by atoms with E-state index in [-0.39, 0.29) is 0 Å². The number of nitrogens with zero attached hydrogens (tertiary/aromatic N) is 2. The van der Waals surface area contributed by atoms with Crippen LogP contribution in [0.5, 0.6) is 0 Å². The average molecular weight is 339 g/mol. The van der Waals surface area contributed by atoms with Gasteiger partial charge in [-0.3, -0.25) is 0 Å². The van der Waals surface area contributed by atoms with Gasteiger partial charge in [-0.15, -0.1) is 0 Å². The summed E-state index contributed by atoms with van der Waals surface area (Å²) in [5.74, 6) is 2.24. The molecule has 0 saturated carbocycles. The van der Waals surface area contributed by atoms with Crippen LogP contribution in [0.3, 0.4) is 0 Å². The molecule has 118 valence electrons. The van der Waals surface area contributed by atoms with Crippen LogP contribution in [0.4, 0.5) is 17.3 Å². The van der Waals surface area contributed by atoms with Gasteiger partial charge in [0.1, 0.15) is 17.5 Å². The van der Waals surface area contributed by atoms with E-state index in [1.54, 1.807) is 18.2 Å². The van der Waals surface area contributed by atoms with Crippen molar-refractivity contribution in [3.63, 3.8) is 0 Å². The number of anilines is 3. The largest absolute Gasteiger partial charge is 0.370 e. The van der Waals surface area contributed by atoms with Crippen LogP contribution in [0, 0.1) is 6.92 Å². The Morgan fingerprint density at radius 1 is 0.955 bits per heavy atom. The number of nitrogens with one attached hydrogen (secondary N) is 2. The molecule has 0 aliphatic heterocycles. The fraction of sp³-hybridized carbons (Fsp3) is 0.375. The van der Waals surface area contributed by atoms with E-state index in [4.69, 9.17) is 23.2 Å². The van der Waals surface area contributed by atoms with Crippen molar-refractivity contribution in [1.82, 2.24) is 9.97 Å². The van der Waals surface area contributed by atoms with Crippen LogP contribution in [0.15, 0.2) is 24.3 Å². The van der Waals surface area contributed by atoms with Crippen molar-refractivity contribution in [2.75, 3.05) is 17.2 Å². The number of aryl methyl sites for hydroxylation is 1. The van der Waals surface area contributed by atoms with Crippen LogP contribution in [-0.2, 0) is 0 Å². The summed E-state index contributed by atoms with van der Waals surface area (Å²) in [6.07, 6.45) is 3.54. The first-order valence-electron chi connectivity index (χ1n) is 7.39. The Hall–Kier alpha value is -1.52. The lowest BCUT2D eigenvalue weighted by Crippen LogP contribution is -2.06. The second kappa shape index (κ2) is 8.20. The van der Waals surface area contributed by atoms with E-state index in [0.29, 0.717) is 21.7 Å². The Balaban J connectivity index is 2.08. The molecule has 1 aromatic carbocycles. The SMILES string of the molecule is CCCCCNc1cc(Nc2cc(Cl)cc(Cl)c2)nc(C)n1. The maximum Gasteiger partial charge on any atom is 0.136 e. The van der Waals surface area contributed by atoms with Gasteiger partial charge in [-0.25, -0.2) is 9.97 Å². The van der Waals surface area contributed by atoms with Gasteiger partial charge in [0.05, 0.1) is 0 Å². The first-order chi connectivity index (χ1) is 10.6. The molecule has 0 amide bonds. The molecule has 0 fully saturated rings. The topological polar surface area (TPSA) is 49.8 Å². The van der Waals surface area contributed by atoms with Gasteiger partial charge in [0.15, 0.2) is 0 Å². The Labute approximate surface area is 141 Å². The number of unbranched alkanes of at least 4 members (excludes halogenated alkanes) is 2. The van der Waals surface area contributed by atoms with Gasteiger partial charge < -0.3 is 10.6 Å². The molecule has 0 aliphatic rings. The van der Waals surface area contributed by atoms with Crippen molar-refractivity contribution in [3.05, 3.63) is 40.1 Å². The highest BCUT2D eigenvalue weighted by molar-refractivity contribution is 6.35. The zero-order valence-corrected chi connectivity index (χ0v) is 14.3. The highest BCUT2D eigenvalue weighted by Gasteiger charge is 2.04. The van der Waals surface area contributed by atoms with Crippen molar-refractivity contribution in [3.8, 4) is 0 Å². The number of halogens is 2. The molecule has 22 heavy (non-hydrogen) atoms. The molecular weight excluding hydrogens is 319 g/mol. The monoisotopic (exact) mass is 338 g/mol. The lowest BCUT2D eigenvalue weighted by Gasteiger charge is -2.10. The quantitative estimate of drug-likeness (QED) is 0.660. The number of benzene rings is 1. The molecule has 1 heterocycles. The third-order valence-electron chi connectivity index (χ3n) is 3.06. The summed E-state index contributed by atoms with van der Waals surface area (Å²) in [6, 6.07) is 7.19. The summed E-state index contributed by atoms with van der Waals surface area (Å²) < 4.78 is 0. The molecule has 0 saturated heterocycles. The maximum atomic E-state index is 6.01. The highest BCUT2D eigenvalue weighted by Crippen LogP contribution is 2.25. The Bertz CT molecular complexity index is 611. The van der Waals surface area contributed by atoms with Crippen LogP contribution in [-0.4, -0.2) is 16.5 Å². The fourth-order valence-electron chi connectivity index (χ4n) is 2.09. The predicted octanol–water partition coefficient (Wildman–Crippen LogP) is 5.44. The van der Waals surface area contributed by atoms with E-state index in [1.165, 1.54) is 12.8 Å². The molecule has 0 bridgehead atoms. The van der Waals surface area contributed by atoms with Crippen molar-refractivity contribution < 1.29 is 0 Å². The molecule has 0 aliphatic carbocycles. The van der Waals surface area contributed by atoms with Gasteiger partial charge in [0, 0.05) is 28.3 Å². The first-order valence-corrected chi connectivity index (χ1v) is 8.15. The van der Waals surface area contributed by atoms with E-state index in [2.05, 4.69) is 27.5 Å². The summed E-state index contributed by atoms with van der Waals surface area (Å²) in [7, 11) is 0. The molecule has 2 rings (SSSR count). The molecule has 4 nitrogen and oxygen atoms in total. The summed E-state index contributed by atoms with van der Waals surface area (Å²) in [5.41, 5.74) is 0.799. The Morgan fingerprint density at radius 2 is 1.64 bits per heavy atom. The van der Waals surface area contributed by atoms with Crippen LogP contribution in [0.1, 0.15) is 32.0 Å². The molecule has 6 heteroatoms. The highest BCUT2D eigenvalue weighted by atomic mass is 35.5. The third-order valence-corrected chi connectivity index (χ3v) is 3.50. The number of hydrogen-bond acceptors (Lipinski definition) is 4. The van der Waals surface area contributed by atoms with Gasteiger partial charge >= 0.3 is 0 Å². The summed E-state index contributed by atoms with van der Waals surface area (Å²) >= 11 is 12.0. The van der Waals surface area contributed by atoms with E-state index >= 15 is 0 Å². The molecule has 0 unspecified atom stereocenters. The minimum Gasteiger partial charge on any atom is -0.370 e. The molecule has 0 spiro atoms. The molecule has 0 radical (unpaired) electrons. The van der Waals surface area contributed by atoms with Crippen molar-refractivity contribution in [2.24, 2.45) is 0 Å². The average Bonchev–Trinajstić information content (AvgIpc) is 2.42. The number of aromatic nitrogens is 2. The Kier molecular flexibility index (Phi) is 6.28. The van der Waals surface area contributed by atoms with Crippen molar-refractivity contribution in [2.45, 2.75) is 33.1 Å². The molecule has 2 N–H and O–H groups in total. The summed E-state index contributed by atoms with van der Waals surface area (Å²) in [6.45, 7) is 4.97. The van der Waals surface area contributed by atoms with Crippen LogP contribution >= 0.6 is 23.2 Å². The van der Waals surface area contributed by atoms with Crippen LogP contribution in [0.2, 0.25) is 10.0 Å². The summed E-state index contributed by atoms with van der Waals surface area (Å²) in [5, 5.41) is 7.70. The summed E-state index contributed by atoms with van der Waals surface area (Å²) in [4.78, 5) is 8.78. The predicted molar refractivity (Wildman–Crippen MR) is 94.5 cm³/mol. The van der Waals surface area contributed by atoms with Gasteiger partial charge in [-0.2, -0.15) is 0 Å². The first kappa shape index (κ1) is 16.8. The van der Waals surface area contributed by atoms with Gasteiger partial charge in [0.25, 0.3) is 0 Å². The normalized spacial score (nSPS) is 10.5. The molecule has 2 aromatic rings. The minimum atomic E-state index is 0.582. The zero-order chi connectivity index (χ0) is 15.9. The second-order valence-electron chi connectivity index (χ2n) is 5.10. The van der Waals surface area contributed by atoms with Crippen molar-refractivity contribution in [1.29, 1.82) is 0 Å². The third kappa shape index (κ3) is 5.35. The van der Waals surface area contributed by atoms with Crippen LogP contribution < -0.4 is 10.6 Å². The Morgan fingerprint density at radius 3 is 2.32 bits per heavy atom. The zero-order valence-electron chi connectivity index (χ0n) is 12.8. The fourth-order valence-corrected chi connectivity index (χ4v) is 2.61. The lowest BCUT2D eigenvalue weighted by atomic mass is 10.2. The standard InChI is InChI=1S/C16H20Cl2N4/c1-3-4-5-6-19-15-10-16(21-11(2)20-15)22-14-8-12(17)7-13(18)9-14/h7-10H,3-6H2,1-2H3,(H2,19,20,21,22). The van der Waals surface area contributed by atoms with E-state index in [1.807, 2.05) is 13.0 Å². The van der Waals surface area contributed by atoms with Gasteiger partial charge in [-0.1, -0.05) is 43.0 Å². The molecule has 0 atom stereocenters. The van der Waals surface area contributed by atoms with Gasteiger partial charge in [-0.05, 0) is 31.5 Å². The minimum absolute atomic E-state index is 0.582. The number of hydrogen-bond donors (Lipinski definition) is 2. The molecule has 1 aromatic heterocycles. The van der Waals surface area contributed by atoms with E-state index < -0.39 is 0 Å². The second-order valence-corrected chi connectivity index (χ2v) is 5.98. The number of rotatable bonds is 7. The lowest BCUT2D eigenvalue weighted by molar-refractivity contribution is 0.742. The van der Waals surface area contributed by atoms with Gasteiger partial charge in [0.2, 0.25) is 0 Å². The van der Waals surface area contributed by atoms with E-state index in [9.17, 15) is 0 Å².